The molecule has 1 aromatic carbocycles. The van der Waals surface area contributed by atoms with Crippen LogP contribution in [0.2, 0.25) is 0 Å². The van der Waals surface area contributed by atoms with Crippen LogP contribution in [0.15, 0.2) is 35.2 Å². The Kier molecular flexibility index (Phi) is 9.19. The average molecular weight is 308 g/mol. The van der Waals surface area contributed by atoms with Gasteiger partial charge in [-0.3, -0.25) is 4.79 Å². The molecule has 1 aromatic rings. The summed E-state index contributed by atoms with van der Waals surface area (Å²) >= 11 is 1.61. The predicted octanol–water partition coefficient (Wildman–Crippen LogP) is 3.41. The van der Waals surface area contributed by atoms with E-state index in [0.717, 1.165) is 43.9 Å². The van der Waals surface area contributed by atoms with Crippen molar-refractivity contribution < 1.29 is 4.79 Å². The minimum atomic E-state index is -0.0461. The zero-order valence-electron chi connectivity index (χ0n) is 13.5. The van der Waals surface area contributed by atoms with Crippen LogP contribution in [-0.2, 0) is 4.79 Å². The zero-order chi connectivity index (χ0) is 15.5. The van der Waals surface area contributed by atoms with E-state index in [4.69, 9.17) is 0 Å². The normalized spacial score (nSPS) is 12.4. The molecule has 0 saturated heterocycles. The number of carbonyl (C=O) groups is 1. The Morgan fingerprint density at radius 1 is 1.19 bits per heavy atom. The second-order valence-corrected chi connectivity index (χ2v) is 6.51. The predicted molar refractivity (Wildman–Crippen MR) is 91.8 cm³/mol. The third-order valence-corrected chi connectivity index (χ3v) is 4.63. The van der Waals surface area contributed by atoms with Gasteiger partial charge in [-0.25, -0.2) is 0 Å². The summed E-state index contributed by atoms with van der Waals surface area (Å²) in [6.45, 7) is 10.4. The van der Waals surface area contributed by atoms with Crippen LogP contribution in [0.5, 0.6) is 0 Å². The van der Waals surface area contributed by atoms with Crippen LogP contribution < -0.4 is 5.32 Å². The lowest BCUT2D eigenvalue weighted by molar-refractivity contribution is -0.120. The number of hydrogen-bond donors (Lipinski definition) is 1. The SMILES string of the molecule is CCN(CC)CCCCNC(=O)C(C)Sc1ccccc1. The molecular formula is C17H28N2OS. The number of thioether (sulfide) groups is 1. The molecule has 1 rings (SSSR count). The molecule has 0 aromatic heterocycles. The van der Waals surface area contributed by atoms with E-state index in [1.54, 1.807) is 11.8 Å². The smallest absolute Gasteiger partial charge is 0.233 e. The number of nitrogens with one attached hydrogen (secondary N) is 1. The summed E-state index contributed by atoms with van der Waals surface area (Å²) in [7, 11) is 0. The first-order valence-corrected chi connectivity index (χ1v) is 8.77. The van der Waals surface area contributed by atoms with Gasteiger partial charge in [-0.2, -0.15) is 0 Å². The first-order chi connectivity index (χ1) is 10.2. The lowest BCUT2D eigenvalue weighted by Gasteiger charge is -2.17. The summed E-state index contributed by atoms with van der Waals surface area (Å²) in [5, 5.41) is 2.99. The maximum Gasteiger partial charge on any atom is 0.233 e. The number of rotatable bonds is 10. The molecule has 0 aliphatic carbocycles. The molecule has 0 heterocycles. The molecule has 0 aliphatic heterocycles. The number of carbonyl (C=O) groups excluding carboxylic acids is 1. The Hall–Kier alpha value is -1.00. The maximum absolute atomic E-state index is 12.0. The number of amides is 1. The molecule has 0 aliphatic rings. The van der Waals surface area contributed by atoms with E-state index < -0.39 is 0 Å². The van der Waals surface area contributed by atoms with Gasteiger partial charge in [-0.1, -0.05) is 32.0 Å². The van der Waals surface area contributed by atoms with Gasteiger partial charge in [0, 0.05) is 11.4 Å². The molecule has 0 saturated carbocycles. The average Bonchev–Trinajstić information content (AvgIpc) is 2.51. The molecular weight excluding hydrogens is 280 g/mol. The summed E-state index contributed by atoms with van der Waals surface area (Å²) in [5.41, 5.74) is 0. The molecule has 1 atom stereocenters. The number of hydrogen-bond acceptors (Lipinski definition) is 3. The fraction of sp³-hybridized carbons (Fsp3) is 0.588. The Labute approximate surface area is 133 Å². The van der Waals surface area contributed by atoms with Gasteiger partial charge in [-0.05, 0) is 51.5 Å². The van der Waals surface area contributed by atoms with Gasteiger partial charge in [0.15, 0.2) is 0 Å². The van der Waals surface area contributed by atoms with Crippen LogP contribution in [-0.4, -0.2) is 42.2 Å². The van der Waals surface area contributed by atoms with Gasteiger partial charge < -0.3 is 10.2 Å². The quantitative estimate of drug-likeness (QED) is 0.531. The highest BCUT2D eigenvalue weighted by Crippen LogP contribution is 2.22. The molecule has 0 spiro atoms. The minimum absolute atomic E-state index is 0.0461. The molecule has 118 valence electrons. The Balaban J connectivity index is 2.15. The summed E-state index contributed by atoms with van der Waals surface area (Å²) in [6, 6.07) is 10.1. The number of unbranched alkanes of at least 4 members (excludes halogenated alkanes) is 1. The van der Waals surface area contributed by atoms with E-state index >= 15 is 0 Å². The van der Waals surface area contributed by atoms with Crippen molar-refractivity contribution in [2.75, 3.05) is 26.2 Å². The highest BCUT2D eigenvalue weighted by atomic mass is 32.2. The highest BCUT2D eigenvalue weighted by Gasteiger charge is 2.13. The van der Waals surface area contributed by atoms with Gasteiger partial charge in [0.1, 0.15) is 0 Å². The summed E-state index contributed by atoms with van der Waals surface area (Å²) in [5.74, 6) is 0.131. The van der Waals surface area contributed by atoms with Crippen molar-refractivity contribution >= 4 is 17.7 Å². The van der Waals surface area contributed by atoms with E-state index in [9.17, 15) is 4.79 Å². The van der Waals surface area contributed by atoms with E-state index in [-0.39, 0.29) is 11.2 Å². The van der Waals surface area contributed by atoms with Crippen molar-refractivity contribution in [1.82, 2.24) is 10.2 Å². The fourth-order valence-corrected chi connectivity index (χ4v) is 3.03. The van der Waals surface area contributed by atoms with Gasteiger partial charge in [0.25, 0.3) is 0 Å². The topological polar surface area (TPSA) is 32.3 Å². The van der Waals surface area contributed by atoms with Crippen molar-refractivity contribution in [1.29, 1.82) is 0 Å². The van der Waals surface area contributed by atoms with Crippen molar-refractivity contribution in [3.63, 3.8) is 0 Å². The van der Waals surface area contributed by atoms with Crippen LogP contribution in [0.4, 0.5) is 0 Å². The van der Waals surface area contributed by atoms with Crippen molar-refractivity contribution in [2.45, 2.75) is 43.8 Å². The lowest BCUT2D eigenvalue weighted by atomic mass is 10.3. The Bertz CT molecular complexity index is 393. The molecule has 1 unspecified atom stereocenters. The molecule has 1 N–H and O–H groups in total. The number of nitrogens with zero attached hydrogens (tertiary/aromatic N) is 1. The van der Waals surface area contributed by atoms with Crippen molar-refractivity contribution in [2.24, 2.45) is 0 Å². The van der Waals surface area contributed by atoms with E-state index in [0.29, 0.717) is 0 Å². The Morgan fingerprint density at radius 3 is 2.48 bits per heavy atom. The molecule has 4 heteroatoms. The Morgan fingerprint density at radius 2 is 1.86 bits per heavy atom. The highest BCUT2D eigenvalue weighted by molar-refractivity contribution is 8.00. The third-order valence-electron chi connectivity index (χ3n) is 3.52. The van der Waals surface area contributed by atoms with Crippen LogP contribution in [0, 0.1) is 0 Å². The second kappa shape index (κ2) is 10.7. The first-order valence-electron chi connectivity index (χ1n) is 7.89. The van der Waals surface area contributed by atoms with Gasteiger partial charge in [0.2, 0.25) is 5.91 Å². The monoisotopic (exact) mass is 308 g/mol. The molecule has 3 nitrogen and oxygen atoms in total. The molecule has 21 heavy (non-hydrogen) atoms. The maximum atomic E-state index is 12.0. The molecule has 1 amide bonds. The standard InChI is InChI=1S/C17H28N2OS/c1-4-19(5-2)14-10-9-13-18-17(20)15(3)21-16-11-7-6-8-12-16/h6-8,11-12,15H,4-5,9-10,13-14H2,1-3H3,(H,18,20). The summed E-state index contributed by atoms with van der Waals surface area (Å²) < 4.78 is 0. The molecule has 0 fully saturated rings. The van der Waals surface area contributed by atoms with E-state index in [1.807, 2.05) is 37.3 Å². The summed E-state index contributed by atoms with van der Waals surface area (Å²) in [4.78, 5) is 15.6. The van der Waals surface area contributed by atoms with E-state index in [1.165, 1.54) is 0 Å². The third kappa shape index (κ3) is 7.53. The van der Waals surface area contributed by atoms with E-state index in [2.05, 4.69) is 24.1 Å². The van der Waals surface area contributed by atoms with Crippen LogP contribution in [0.25, 0.3) is 0 Å². The van der Waals surface area contributed by atoms with Crippen molar-refractivity contribution in [3.05, 3.63) is 30.3 Å². The molecule has 0 bridgehead atoms. The minimum Gasteiger partial charge on any atom is -0.355 e. The fourth-order valence-electron chi connectivity index (χ4n) is 2.11. The zero-order valence-corrected chi connectivity index (χ0v) is 14.3. The second-order valence-electron chi connectivity index (χ2n) is 5.10. The first kappa shape index (κ1) is 18.1. The van der Waals surface area contributed by atoms with Crippen LogP contribution in [0.3, 0.4) is 0 Å². The van der Waals surface area contributed by atoms with Crippen LogP contribution >= 0.6 is 11.8 Å². The lowest BCUT2D eigenvalue weighted by Crippen LogP contribution is -2.32. The van der Waals surface area contributed by atoms with Crippen LogP contribution in [0.1, 0.15) is 33.6 Å². The number of benzene rings is 1. The largest absolute Gasteiger partial charge is 0.355 e. The van der Waals surface area contributed by atoms with Crippen molar-refractivity contribution in [3.8, 4) is 0 Å². The molecule has 0 radical (unpaired) electrons. The van der Waals surface area contributed by atoms with Gasteiger partial charge in [0.05, 0.1) is 5.25 Å². The summed E-state index contributed by atoms with van der Waals surface area (Å²) in [6.07, 6.45) is 2.19. The van der Waals surface area contributed by atoms with Gasteiger partial charge in [-0.15, -0.1) is 11.8 Å². The van der Waals surface area contributed by atoms with Gasteiger partial charge >= 0.3 is 0 Å².